The van der Waals surface area contributed by atoms with E-state index in [2.05, 4.69) is 65.1 Å². The molecular formula is C26H34N4OS. The monoisotopic (exact) mass is 450 g/mol. The fourth-order valence-electron chi connectivity index (χ4n) is 3.78. The summed E-state index contributed by atoms with van der Waals surface area (Å²) >= 11 is 5.76. The fourth-order valence-corrected chi connectivity index (χ4v) is 4.01. The van der Waals surface area contributed by atoms with Crippen molar-refractivity contribution in [3.63, 3.8) is 0 Å². The highest BCUT2D eigenvalue weighted by Gasteiger charge is 2.15. The molecule has 32 heavy (non-hydrogen) atoms. The van der Waals surface area contributed by atoms with Crippen molar-refractivity contribution in [3.8, 4) is 0 Å². The van der Waals surface area contributed by atoms with Crippen molar-refractivity contribution in [2.45, 2.75) is 40.3 Å². The molecule has 0 bridgehead atoms. The third-order valence-electron chi connectivity index (χ3n) is 5.91. The van der Waals surface area contributed by atoms with Crippen molar-refractivity contribution in [3.05, 3.63) is 81.6 Å². The minimum Gasteiger partial charge on any atom is -0.358 e. The van der Waals surface area contributed by atoms with Crippen LogP contribution in [-0.4, -0.2) is 46.1 Å². The first-order chi connectivity index (χ1) is 15.5. The van der Waals surface area contributed by atoms with E-state index in [9.17, 15) is 4.79 Å². The number of likely N-dealkylation sites (N-methyl/N-ethyl adjacent to an activating group) is 1. The van der Waals surface area contributed by atoms with Crippen molar-refractivity contribution in [1.29, 1.82) is 0 Å². The lowest BCUT2D eigenvalue weighted by atomic mass is 10.1. The van der Waals surface area contributed by atoms with Crippen LogP contribution in [-0.2, 0) is 19.5 Å². The smallest absolute Gasteiger partial charge is 0.253 e. The Labute approximate surface area is 196 Å². The highest BCUT2D eigenvalue weighted by molar-refractivity contribution is 7.80. The number of thiocarbonyl (C=S) groups is 1. The van der Waals surface area contributed by atoms with Gasteiger partial charge < -0.3 is 20.1 Å². The van der Waals surface area contributed by atoms with E-state index in [4.69, 9.17) is 12.2 Å². The third-order valence-corrected chi connectivity index (χ3v) is 6.31. The fraction of sp³-hybridized carbons (Fsp3) is 0.385. The number of benzene rings is 2. The molecule has 2 aromatic carbocycles. The van der Waals surface area contributed by atoms with Crippen LogP contribution in [0.2, 0.25) is 0 Å². The van der Waals surface area contributed by atoms with E-state index in [-0.39, 0.29) is 5.56 Å². The van der Waals surface area contributed by atoms with Gasteiger partial charge in [-0.05, 0) is 66.4 Å². The molecule has 0 saturated heterocycles. The second-order valence-electron chi connectivity index (χ2n) is 7.99. The Morgan fingerprint density at radius 2 is 1.72 bits per heavy atom. The van der Waals surface area contributed by atoms with Gasteiger partial charge in [0.1, 0.15) is 0 Å². The van der Waals surface area contributed by atoms with Gasteiger partial charge in [-0.25, -0.2) is 0 Å². The number of pyridine rings is 1. The summed E-state index contributed by atoms with van der Waals surface area (Å²) < 4.78 is 0. The Hall–Kier alpha value is -2.70. The average Bonchev–Trinajstić information content (AvgIpc) is 2.83. The molecule has 0 saturated carbocycles. The molecule has 170 valence electrons. The van der Waals surface area contributed by atoms with Crippen molar-refractivity contribution in [2.75, 3.05) is 26.2 Å². The van der Waals surface area contributed by atoms with Crippen molar-refractivity contribution < 1.29 is 0 Å². The summed E-state index contributed by atoms with van der Waals surface area (Å²) in [4.78, 5) is 20.3. The molecule has 0 aliphatic rings. The quantitative estimate of drug-likeness (QED) is 0.451. The lowest BCUT2D eigenvalue weighted by Crippen LogP contribution is -2.44. The highest BCUT2D eigenvalue weighted by atomic mass is 32.1. The Bertz CT molecular complexity index is 1080. The Balaban J connectivity index is 1.81. The van der Waals surface area contributed by atoms with Crippen LogP contribution >= 0.6 is 12.2 Å². The topological polar surface area (TPSA) is 51.4 Å². The van der Waals surface area contributed by atoms with Crippen molar-refractivity contribution in [1.82, 2.24) is 20.1 Å². The molecule has 0 radical (unpaired) electrons. The molecular weight excluding hydrogens is 416 g/mol. The highest BCUT2D eigenvalue weighted by Crippen LogP contribution is 2.15. The largest absolute Gasteiger partial charge is 0.358 e. The van der Waals surface area contributed by atoms with Crippen molar-refractivity contribution in [2.24, 2.45) is 0 Å². The van der Waals surface area contributed by atoms with Crippen LogP contribution in [0, 0.1) is 0 Å². The van der Waals surface area contributed by atoms with E-state index >= 15 is 0 Å². The van der Waals surface area contributed by atoms with E-state index < -0.39 is 0 Å². The number of aromatic nitrogens is 1. The number of fused-ring (bicyclic) bond motifs is 1. The number of aromatic amines is 1. The first-order valence-electron chi connectivity index (χ1n) is 11.5. The number of aryl methyl sites for hydroxylation is 1. The maximum Gasteiger partial charge on any atom is 0.253 e. The van der Waals surface area contributed by atoms with Gasteiger partial charge in [0.25, 0.3) is 5.56 Å². The van der Waals surface area contributed by atoms with Gasteiger partial charge in [0, 0.05) is 30.7 Å². The number of hydrogen-bond donors (Lipinski definition) is 2. The summed E-state index contributed by atoms with van der Waals surface area (Å²) in [5.74, 6) is 0. The Kier molecular flexibility index (Phi) is 8.82. The number of rotatable bonds is 10. The standard InChI is InChI=1S/C26H34N4OS/c1-4-20-12-13-24-22(16-20)17-23(25(31)28-24)19-30(15-14-29(5-2)6-3)26(32)27-18-21-10-8-7-9-11-21/h7-13,16-17H,4-6,14-15,18-19H2,1-3H3,(H,27,32)(H,28,31). The number of H-pyrrole nitrogens is 1. The number of nitrogens with zero attached hydrogens (tertiary/aromatic N) is 2. The van der Waals surface area contributed by atoms with Gasteiger partial charge in [-0.15, -0.1) is 0 Å². The second kappa shape index (κ2) is 11.8. The van der Waals surface area contributed by atoms with E-state index in [1.54, 1.807) is 0 Å². The molecule has 0 spiro atoms. The molecule has 0 unspecified atom stereocenters. The summed E-state index contributed by atoms with van der Waals surface area (Å²) in [7, 11) is 0. The van der Waals surface area contributed by atoms with Gasteiger partial charge >= 0.3 is 0 Å². The van der Waals surface area contributed by atoms with Gasteiger partial charge in [0.15, 0.2) is 5.11 Å². The predicted molar refractivity (Wildman–Crippen MR) is 138 cm³/mol. The SMILES string of the molecule is CCc1ccc2[nH]c(=O)c(CN(CCN(CC)CC)C(=S)NCc3ccccc3)cc2c1. The van der Waals surface area contributed by atoms with Crippen LogP contribution in [0.3, 0.4) is 0 Å². The minimum atomic E-state index is -0.0551. The average molecular weight is 451 g/mol. The summed E-state index contributed by atoms with van der Waals surface area (Å²) in [6.07, 6.45) is 0.966. The minimum absolute atomic E-state index is 0.0551. The molecule has 0 fully saturated rings. The molecule has 0 aliphatic heterocycles. The first kappa shape index (κ1) is 24.0. The van der Waals surface area contributed by atoms with Crippen LogP contribution in [0.5, 0.6) is 0 Å². The van der Waals surface area contributed by atoms with Gasteiger partial charge in [0.2, 0.25) is 0 Å². The summed E-state index contributed by atoms with van der Waals surface area (Å²) in [5.41, 5.74) is 3.98. The Morgan fingerprint density at radius 3 is 2.41 bits per heavy atom. The number of nitrogens with one attached hydrogen (secondary N) is 2. The molecule has 0 aliphatic carbocycles. The predicted octanol–water partition coefficient (Wildman–Crippen LogP) is 4.31. The van der Waals surface area contributed by atoms with Gasteiger partial charge in [0.05, 0.1) is 6.54 Å². The Morgan fingerprint density at radius 1 is 0.969 bits per heavy atom. The maximum atomic E-state index is 12.8. The van der Waals surface area contributed by atoms with Gasteiger partial charge in [-0.3, -0.25) is 4.79 Å². The molecule has 0 amide bonds. The molecule has 6 heteroatoms. The van der Waals surface area contributed by atoms with E-state index in [1.807, 2.05) is 30.3 Å². The first-order valence-corrected chi connectivity index (χ1v) is 11.9. The van der Waals surface area contributed by atoms with Gasteiger partial charge in [-0.1, -0.05) is 57.2 Å². The molecule has 3 rings (SSSR count). The van der Waals surface area contributed by atoms with Crippen LogP contribution in [0.1, 0.15) is 37.5 Å². The lowest BCUT2D eigenvalue weighted by molar-refractivity contribution is 0.263. The van der Waals surface area contributed by atoms with Crippen LogP contribution in [0.15, 0.2) is 59.4 Å². The normalized spacial score (nSPS) is 11.1. The van der Waals surface area contributed by atoms with Crippen LogP contribution in [0.25, 0.3) is 10.9 Å². The molecule has 5 nitrogen and oxygen atoms in total. The third kappa shape index (κ3) is 6.40. The number of hydrogen-bond acceptors (Lipinski definition) is 3. The molecule has 1 aromatic heterocycles. The zero-order valence-corrected chi connectivity index (χ0v) is 20.2. The maximum absolute atomic E-state index is 12.8. The summed E-state index contributed by atoms with van der Waals surface area (Å²) in [6.45, 7) is 11.2. The second-order valence-corrected chi connectivity index (χ2v) is 8.38. The van der Waals surface area contributed by atoms with E-state index in [0.717, 1.165) is 49.1 Å². The summed E-state index contributed by atoms with van der Waals surface area (Å²) in [6, 6.07) is 18.4. The van der Waals surface area contributed by atoms with E-state index in [1.165, 1.54) is 11.1 Å². The van der Waals surface area contributed by atoms with E-state index in [0.29, 0.717) is 18.2 Å². The van der Waals surface area contributed by atoms with Crippen LogP contribution < -0.4 is 10.9 Å². The molecule has 3 aromatic rings. The zero-order chi connectivity index (χ0) is 22.9. The van der Waals surface area contributed by atoms with Gasteiger partial charge in [-0.2, -0.15) is 0 Å². The zero-order valence-electron chi connectivity index (χ0n) is 19.4. The van der Waals surface area contributed by atoms with Crippen molar-refractivity contribution >= 4 is 28.2 Å². The molecule has 2 N–H and O–H groups in total. The summed E-state index contributed by atoms with van der Waals surface area (Å²) in [5, 5.41) is 5.11. The molecule has 1 heterocycles. The van der Waals surface area contributed by atoms with Crippen LogP contribution in [0.4, 0.5) is 0 Å². The molecule has 0 atom stereocenters. The lowest BCUT2D eigenvalue weighted by Gasteiger charge is -2.29.